The third kappa shape index (κ3) is 2.93. The highest BCUT2D eigenvalue weighted by molar-refractivity contribution is 5.63. The Kier molecular flexibility index (Phi) is 3.66. The molecule has 4 nitrogen and oxygen atoms in total. The lowest BCUT2D eigenvalue weighted by Crippen LogP contribution is -1.97. The summed E-state index contributed by atoms with van der Waals surface area (Å²) in [6, 6.07) is 17.6. The number of nitrogens with one attached hydrogen (secondary N) is 1. The molecule has 0 unspecified atom stereocenters. The van der Waals surface area contributed by atoms with Gasteiger partial charge in [0.15, 0.2) is 0 Å². The number of H-pyrrole nitrogens is 1. The molecule has 102 valence electrons. The Morgan fingerprint density at radius 3 is 2.71 bits per heavy atom. The Hall–Kier alpha value is -3.06. The number of aromatic amines is 1. The molecule has 2 aromatic carbocycles. The molecule has 0 amide bonds. The molecular weight excluding hydrogens is 262 g/mol. The predicted octanol–water partition coefficient (Wildman–Crippen LogP) is 3.53. The first-order chi connectivity index (χ1) is 10.4. The molecule has 0 spiro atoms. The highest BCUT2D eigenvalue weighted by Gasteiger charge is 2.07. The molecular formula is C17H13N3O. The molecule has 1 aromatic heterocycles. The zero-order valence-electron chi connectivity index (χ0n) is 11.3. The minimum absolute atomic E-state index is 0.443. The molecule has 3 rings (SSSR count). The molecule has 0 saturated carbocycles. The number of benzene rings is 2. The largest absolute Gasteiger partial charge is 0.488 e. The SMILES string of the molecule is N#Cc1cc(-c2cnc[nH]2)ccc1OCc1ccccc1. The lowest BCUT2D eigenvalue weighted by molar-refractivity contribution is 0.305. The zero-order chi connectivity index (χ0) is 14.5. The molecule has 0 fully saturated rings. The van der Waals surface area contributed by atoms with E-state index in [1.165, 1.54) is 0 Å². The number of aromatic nitrogens is 2. The minimum Gasteiger partial charge on any atom is -0.488 e. The molecule has 3 aromatic rings. The van der Waals surface area contributed by atoms with E-state index in [2.05, 4.69) is 16.0 Å². The van der Waals surface area contributed by atoms with Crippen LogP contribution in [0.25, 0.3) is 11.3 Å². The summed E-state index contributed by atoms with van der Waals surface area (Å²) in [5.74, 6) is 0.588. The topological polar surface area (TPSA) is 61.7 Å². The number of rotatable bonds is 4. The summed E-state index contributed by atoms with van der Waals surface area (Å²) in [6.07, 6.45) is 3.34. The molecule has 1 N–H and O–H groups in total. The van der Waals surface area contributed by atoms with Crippen LogP contribution in [-0.2, 0) is 6.61 Å². The van der Waals surface area contributed by atoms with Crippen molar-refractivity contribution in [2.45, 2.75) is 6.61 Å². The number of hydrogen-bond donors (Lipinski definition) is 1. The molecule has 4 heteroatoms. The summed E-state index contributed by atoms with van der Waals surface area (Å²) in [5.41, 5.74) is 3.37. The number of ether oxygens (including phenoxy) is 1. The second-order valence-corrected chi connectivity index (χ2v) is 4.56. The first-order valence-electron chi connectivity index (χ1n) is 6.56. The van der Waals surface area contributed by atoms with E-state index in [0.717, 1.165) is 16.8 Å². The summed E-state index contributed by atoms with van der Waals surface area (Å²) in [5, 5.41) is 9.28. The number of nitriles is 1. The van der Waals surface area contributed by atoms with Gasteiger partial charge in [0.1, 0.15) is 18.4 Å². The van der Waals surface area contributed by atoms with E-state index in [-0.39, 0.29) is 0 Å². The van der Waals surface area contributed by atoms with E-state index in [1.807, 2.05) is 42.5 Å². The van der Waals surface area contributed by atoms with Crippen molar-refractivity contribution in [1.82, 2.24) is 9.97 Å². The lowest BCUT2D eigenvalue weighted by atomic mass is 10.1. The Bertz CT molecular complexity index is 758. The van der Waals surface area contributed by atoms with Crippen molar-refractivity contribution < 1.29 is 4.74 Å². The van der Waals surface area contributed by atoms with Crippen LogP contribution in [0.5, 0.6) is 5.75 Å². The molecule has 0 radical (unpaired) electrons. The average molecular weight is 275 g/mol. The maximum atomic E-state index is 9.28. The third-order valence-corrected chi connectivity index (χ3v) is 3.15. The van der Waals surface area contributed by atoms with Crippen molar-refractivity contribution in [2.24, 2.45) is 0 Å². The minimum atomic E-state index is 0.443. The molecule has 0 aliphatic heterocycles. The van der Waals surface area contributed by atoms with Gasteiger partial charge in [0.05, 0.1) is 23.8 Å². The molecule has 21 heavy (non-hydrogen) atoms. The first-order valence-corrected chi connectivity index (χ1v) is 6.56. The number of hydrogen-bond acceptors (Lipinski definition) is 3. The van der Waals surface area contributed by atoms with Crippen molar-refractivity contribution in [2.75, 3.05) is 0 Å². The van der Waals surface area contributed by atoms with E-state index in [9.17, 15) is 5.26 Å². The van der Waals surface area contributed by atoms with Crippen LogP contribution < -0.4 is 4.74 Å². The van der Waals surface area contributed by atoms with Gasteiger partial charge >= 0.3 is 0 Å². The fourth-order valence-corrected chi connectivity index (χ4v) is 2.06. The maximum absolute atomic E-state index is 9.28. The highest BCUT2D eigenvalue weighted by atomic mass is 16.5. The highest BCUT2D eigenvalue weighted by Crippen LogP contribution is 2.25. The molecule has 0 saturated heterocycles. The van der Waals surface area contributed by atoms with E-state index in [4.69, 9.17) is 4.74 Å². The van der Waals surface area contributed by atoms with Crippen LogP contribution in [-0.4, -0.2) is 9.97 Å². The summed E-state index contributed by atoms with van der Waals surface area (Å²) < 4.78 is 5.74. The van der Waals surface area contributed by atoms with E-state index >= 15 is 0 Å². The van der Waals surface area contributed by atoms with Gasteiger partial charge in [0.25, 0.3) is 0 Å². The summed E-state index contributed by atoms with van der Waals surface area (Å²) >= 11 is 0. The third-order valence-electron chi connectivity index (χ3n) is 3.15. The van der Waals surface area contributed by atoms with Crippen molar-refractivity contribution in [3.05, 3.63) is 72.2 Å². The van der Waals surface area contributed by atoms with Gasteiger partial charge in [-0.15, -0.1) is 0 Å². The van der Waals surface area contributed by atoms with Crippen molar-refractivity contribution in [1.29, 1.82) is 5.26 Å². The second kappa shape index (κ2) is 5.93. The Morgan fingerprint density at radius 2 is 2.00 bits per heavy atom. The van der Waals surface area contributed by atoms with Gasteiger partial charge in [-0.1, -0.05) is 30.3 Å². The molecule has 0 aliphatic carbocycles. The van der Waals surface area contributed by atoms with Gasteiger partial charge in [-0.2, -0.15) is 5.26 Å². The van der Waals surface area contributed by atoms with Gasteiger partial charge < -0.3 is 9.72 Å². The Labute approximate surface area is 122 Å². The van der Waals surface area contributed by atoms with Crippen LogP contribution in [0.4, 0.5) is 0 Å². The van der Waals surface area contributed by atoms with Crippen LogP contribution in [0, 0.1) is 11.3 Å². The quantitative estimate of drug-likeness (QED) is 0.792. The average Bonchev–Trinajstić information content (AvgIpc) is 3.08. The summed E-state index contributed by atoms with van der Waals surface area (Å²) in [7, 11) is 0. The van der Waals surface area contributed by atoms with Gasteiger partial charge in [-0.05, 0) is 23.8 Å². The molecule has 0 aliphatic rings. The van der Waals surface area contributed by atoms with Crippen LogP contribution in [0.15, 0.2) is 61.1 Å². The number of imidazole rings is 1. The van der Waals surface area contributed by atoms with E-state index in [1.54, 1.807) is 18.6 Å². The maximum Gasteiger partial charge on any atom is 0.137 e. The standard InChI is InChI=1S/C17H13N3O/c18-9-15-8-14(16-10-19-12-20-16)6-7-17(15)21-11-13-4-2-1-3-5-13/h1-8,10,12H,11H2,(H,19,20). The van der Waals surface area contributed by atoms with Gasteiger partial charge in [-0.3, -0.25) is 0 Å². The lowest BCUT2D eigenvalue weighted by Gasteiger charge is -2.09. The van der Waals surface area contributed by atoms with Gasteiger partial charge in [0.2, 0.25) is 0 Å². The molecule has 0 atom stereocenters. The molecule has 0 bridgehead atoms. The normalized spacial score (nSPS) is 10.0. The first kappa shape index (κ1) is 12.9. The summed E-state index contributed by atoms with van der Waals surface area (Å²) in [4.78, 5) is 7.00. The molecule has 1 heterocycles. The van der Waals surface area contributed by atoms with Crippen LogP contribution >= 0.6 is 0 Å². The summed E-state index contributed by atoms with van der Waals surface area (Å²) in [6.45, 7) is 0.443. The van der Waals surface area contributed by atoms with Crippen LogP contribution in [0.2, 0.25) is 0 Å². The Morgan fingerprint density at radius 1 is 1.14 bits per heavy atom. The van der Waals surface area contributed by atoms with Crippen LogP contribution in [0.3, 0.4) is 0 Å². The number of nitrogens with zero attached hydrogens (tertiary/aromatic N) is 2. The fraction of sp³-hybridized carbons (Fsp3) is 0.0588. The van der Waals surface area contributed by atoms with Crippen molar-refractivity contribution >= 4 is 0 Å². The van der Waals surface area contributed by atoms with E-state index in [0.29, 0.717) is 17.9 Å². The zero-order valence-corrected chi connectivity index (χ0v) is 11.3. The van der Waals surface area contributed by atoms with Crippen LogP contribution in [0.1, 0.15) is 11.1 Å². The van der Waals surface area contributed by atoms with E-state index < -0.39 is 0 Å². The monoisotopic (exact) mass is 275 g/mol. The second-order valence-electron chi connectivity index (χ2n) is 4.56. The van der Waals surface area contributed by atoms with Crippen molar-refractivity contribution in [3.8, 4) is 23.1 Å². The fourth-order valence-electron chi connectivity index (χ4n) is 2.06. The van der Waals surface area contributed by atoms with Crippen molar-refractivity contribution in [3.63, 3.8) is 0 Å². The smallest absolute Gasteiger partial charge is 0.137 e. The van der Waals surface area contributed by atoms with Gasteiger partial charge in [-0.25, -0.2) is 4.98 Å². The Balaban J connectivity index is 1.81. The predicted molar refractivity (Wildman–Crippen MR) is 79.5 cm³/mol. The van der Waals surface area contributed by atoms with Gasteiger partial charge in [0, 0.05) is 5.56 Å².